The molecule has 0 fully saturated rings. The number of rotatable bonds is 3. The summed E-state index contributed by atoms with van der Waals surface area (Å²) in [6, 6.07) is 6.30. The highest BCUT2D eigenvalue weighted by Crippen LogP contribution is 2.22. The Morgan fingerprint density at radius 1 is 1.64 bits per heavy atom. The quantitative estimate of drug-likeness (QED) is 0.870. The minimum absolute atomic E-state index is 0.238. The van der Waals surface area contributed by atoms with Gasteiger partial charge in [-0.15, -0.1) is 0 Å². The lowest BCUT2D eigenvalue weighted by atomic mass is 9.93. The largest absolute Gasteiger partial charge is 0.480 e. The maximum absolute atomic E-state index is 12.6. The maximum atomic E-state index is 12.6. The van der Waals surface area contributed by atoms with Crippen molar-refractivity contribution in [1.29, 1.82) is 0 Å². The van der Waals surface area contributed by atoms with E-state index in [2.05, 4.69) is 15.9 Å². The maximum Gasteiger partial charge on any atom is 0.331 e. The Kier molecular flexibility index (Phi) is 3.23. The van der Waals surface area contributed by atoms with Crippen molar-refractivity contribution in [3.05, 3.63) is 34.3 Å². The van der Waals surface area contributed by atoms with Crippen molar-refractivity contribution in [1.82, 2.24) is 0 Å². The Labute approximate surface area is 88.9 Å². The van der Waals surface area contributed by atoms with Gasteiger partial charge in [0.25, 0.3) is 0 Å². The fourth-order valence-electron chi connectivity index (χ4n) is 1.02. The SMILES string of the molecule is NC(CF)(C(=O)O)c1cccc(Br)c1. The van der Waals surface area contributed by atoms with Gasteiger partial charge in [-0.05, 0) is 17.7 Å². The Bertz CT molecular complexity index is 358. The van der Waals surface area contributed by atoms with E-state index in [1.54, 1.807) is 12.1 Å². The fourth-order valence-corrected chi connectivity index (χ4v) is 1.42. The Morgan fingerprint density at radius 3 is 2.71 bits per heavy atom. The number of carbonyl (C=O) groups is 1. The number of carboxylic acids is 1. The van der Waals surface area contributed by atoms with E-state index in [-0.39, 0.29) is 5.56 Å². The molecule has 0 aliphatic heterocycles. The molecule has 0 radical (unpaired) electrons. The summed E-state index contributed by atoms with van der Waals surface area (Å²) in [5.74, 6) is -1.38. The van der Waals surface area contributed by atoms with Crippen LogP contribution in [0.2, 0.25) is 0 Å². The van der Waals surface area contributed by atoms with Gasteiger partial charge in [0.2, 0.25) is 0 Å². The minimum atomic E-state index is -1.95. The average Bonchev–Trinajstić information content (AvgIpc) is 2.16. The van der Waals surface area contributed by atoms with Crippen LogP contribution >= 0.6 is 15.9 Å². The zero-order chi connectivity index (χ0) is 10.8. The van der Waals surface area contributed by atoms with Crippen LogP contribution in [0.15, 0.2) is 28.7 Å². The summed E-state index contributed by atoms with van der Waals surface area (Å²) in [4.78, 5) is 10.8. The third kappa shape index (κ3) is 1.93. The summed E-state index contributed by atoms with van der Waals surface area (Å²) < 4.78 is 13.3. The lowest BCUT2D eigenvalue weighted by Crippen LogP contribution is -2.46. The zero-order valence-corrected chi connectivity index (χ0v) is 8.79. The molecule has 0 heterocycles. The molecule has 0 amide bonds. The van der Waals surface area contributed by atoms with E-state index in [9.17, 15) is 9.18 Å². The van der Waals surface area contributed by atoms with E-state index >= 15 is 0 Å². The Balaban J connectivity index is 3.19. The summed E-state index contributed by atoms with van der Waals surface area (Å²) >= 11 is 3.16. The summed E-state index contributed by atoms with van der Waals surface area (Å²) in [6.45, 7) is -1.14. The molecule has 3 N–H and O–H groups in total. The number of carboxylic acid groups (broad SMARTS) is 1. The number of hydrogen-bond donors (Lipinski definition) is 2. The van der Waals surface area contributed by atoms with Crippen molar-refractivity contribution < 1.29 is 14.3 Å². The predicted octanol–water partition coefficient (Wildman–Crippen LogP) is 1.66. The van der Waals surface area contributed by atoms with Crippen molar-refractivity contribution in [2.75, 3.05) is 6.67 Å². The van der Waals surface area contributed by atoms with Crippen molar-refractivity contribution >= 4 is 21.9 Å². The summed E-state index contributed by atoms with van der Waals surface area (Å²) in [5, 5.41) is 8.80. The van der Waals surface area contributed by atoms with E-state index in [1.807, 2.05) is 0 Å². The van der Waals surface area contributed by atoms with Gasteiger partial charge in [-0.25, -0.2) is 9.18 Å². The minimum Gasteiger partial charge on any atom is -0.480 e. The van der Waals surface area contributed by atoms with Gasteiger partial charge in [-0.2, -0.15) is 0 Å². The van der Waals surface area contributed by atoms with Crippen molar-refractivity contribution in [2.45, 2.75) is 5.54 Å². The first-order chi connectivity index (χ1) is 6.50. The summed E-state index contributed by atoms with van der Waals surface area (Å²) in [5.41, 5.74) is 3.72. The lowest BCUT2D eigenvalue weighted by molar-refractivity contribution is -0.144. The van der Waals surface area contributed by atoms with E-state index in [4.69, 9.17) is 10.8 Å². The van der Waals surface area contributed by atoms with Gasteiger partial charge in [0.15, 0.2) is 5.54 Å². The smallest absolute Gasteiger partial charge is 0.331 e. The first-order valence-electron chi connectivity index (χ1n) is 3.85. The Hall–Kier alpha value is -0.940. The van der Waals surface area contributed by atoms with Gasteiger partial charge < -0.3 is 10.8 Å². The molecular weight excluding hydrogens is 253 g/mol. The van der Waals surface area contributed by atoms with Crippen LogP contribution < -0.4 is 5.73 Å². The lowest BCUT2D eigenvalue weighted by Gasteiger charge is -2.21. The van der Waals surface area contributed by atoms with Crippen molar-refractivity contribution in [3.63, 3.8) is 0 Å². The summed E-state index contributed by atoms with van der Waals surface area (Å²) in [7, 11) is 0. The first kappa shape index (κ1) is 11.1. The predicted molar refractivity (Wildman–Crippen MR) is 53.6 cm³/mol. The zero-order valence-electron chi connectivity index (χ0n) is 7.21. The second kappa shape index (κ2) is 4.06. The molecule has 0 aromatic heterocycles. The van der Waals surface area contributed by atoms with Gasteiger partial charge in [0, 0.05) is 4.47 Å². The van der Waals surface area contributed by atoms with Gasteiger partial charge in [-0.1, -0.05) is 28.1 Å². The van der Waals surface area contributed by atoms with Crippen LogP contribution in [0.3, 0.4) is 0 Å². The highest BCUT2D eigenvalue weighted by atomic mass is 79.9. The van der Waals surface area contributed by atoms with E-state index in [0.29, 0.717) is 4.47 Å². The molecule has 3 nitrogen and oxygen atoms in total. The molecule has 5 heteroatoms. The van der Waals surface area contributed by atoms with Crippen LogP contribution in [-0.4, -0.2) is 17.8 Å². The van der Waals surface area contributed by atoms with E-state index in [0.717, 1.165) is 0 Å². The normalized spacial score (nSPS) is 14.8. The molecule has 0 aliphatic rings. The molecule has 1 atom stereocenters. The van der Waals surface area contributed by atoms with Crippen LogP contribution in [0.5, 0.6) is 0 Å². The number of halogens is 2. The van der Waals surface area contributed by atoms with Crippen LogP contribution in [0.1, 0.15) is 5.56 Å². The molecule has 1 aromatic carbocycles. The highest BCUT2D eigenvalue weighted by Gasteiger charge is 2.36. The van der Waals surface area contributed by atoms with Gasteiger partial charge in [-0.3, -0.25) is 0 Å². The second-order valence-corrected chi connectivity index (χ2v) is 3.84. The number of nitrogens with two attached hydrogens (primary N) is 1. The molecule has 0 spiro atoms. The molecule has 14 heavy (non-hydrogen) atoms. The van der Waals surface area contributed by atoms with Crippen LogP contribution in [0.25, 0.3) is 0 Å². The van der Waals surface area contributed by atoms with Gasteiger partial charge in [0.1, 0.15) is 6.67 Å². The summed E-state index contributed by atoms with van der Waals surface area (Å²) in [6.07, 6.45) is 0. The Morgan fingerprint density at radius 2 is 2.29 bits per heavy atom. The molecule has 1 rings (SSSR count). The number of aliphatic carboxylic acids is 1. The van der Waals surface area contributed by atoms with Gasteiger partial charge >= 0.3 is 5.97 Å². The molecular formula is C9H9BrFNO2. The average molecular weight is 262 g/mol. The van der Waals surface area contributed by atoms with E-state index in [1.165, 1.54) is 12.1 Å². The third-order valence-corrected chi connectivity index (χ3v) is 2.43. The first-order valence-corrected chi connectivity index (χ1v) is 4.64. The van der Waals surface area contributed by atoms with Crippen molar-refractivity contribution in [2.24, 2.45) is 5.73 Å². The molecule has 76 valence electrons. The molecule has 0 saturated heterocycles. The molecule has 0 aliphatic carbocycles. The second-order valence-electron chi connectivity index (χ2n) is 2.92. The molecule has 0 saturated carbocycles. The fraction of sp³-hybridized carbons (Fsp3) is 0.222. The standard InChI is InChI=1S/C9H9BrFNO2/c10-7-3-1-2-6(4-7)9(12,5-11)8(13)14/h1-4H,5,12H2,(H,13,14). The van der Waals surface area contributed by atoms with Gasteiger partial charge in [0.05, 0.1) is 0 Å². The van der Waals surface area contributed by atoms with E-state index < -0.39 is 18.2 Å². The van der Waals surface area contributed by atoms with Crippen LogP contribution in [0, 0.1) is 0 Å². The highest BCUT2D eigenvalue weighted by molar-refractivity contribution is 9.10. The van der Waals surface area contributed by atoms with Crippen molar-refractivity contribution in [3.8, 4) is 0 Å². The molecule has 0 bridgehead atoms. The molecule has 1 aromatic rings. The monoisotopic (exact) mass is 261 g/mol. The number of alkyl halides is 1. The number of hydrogen-bond acceptors (Lipinski definition) is 2. The molecule has 1 unspecified atom stereocenters. The van der Waals surface area contributed by atoms with Crippen LogP contribution in [-0.2, 0) is 10.3 Å². The third-order valence-electron chi connectivity index (χ3n) is 1.93. The van der Waals surface area contributed by atoms with Crippen LogP contribution in [0.4, 0.5) is 4.39 Å². The topological polar surface area (TPSA) is 63.3 Å². The number of benzene rings is 1.